The molecule has 0 spiro atoms. The van der Waals surface area contributed by atoms with E-state index in [1.54, 1.807) is 47.4 Å². The maximum Gasteiger partial charge on any atom is 0.255 e. The van der Waals surface area contributed by atoms with Gasteiger partial charge in [-0.15, -0.1) is 0 Å². The number of carbonyl (C=O) groups is 1. The van der Waals surface area contributed by atoms with Crippen LogP contribution in [0.25, 0.3) is 5.69 Å². The van der Waals surface area contributed by atoms with Gasteiger partial charge in [-0.3, -0.25) is 4.79 Å². The minimum Gasteiger partial charge on any atom is -0.490 e. The second-order valence-corrected chi connectivity index (χ2v) is 6.08. The number of nitrogens with zero attached hydrogens (tertiary/aromatic N) is 3. The molecular weight excluding hydrogens is 356 g/mol. The molecule has 4 rings (SSSR count). The highest BCUT2D eigenvalue weighted by molar-refractivity contribution is 6.34. The monoisotopic (exact) mass is 370 g/mol. The molecule has 1 amide bonds. The van der Waals surface area contributed by atoms with Crippen molar-refractivity contribution in [2.45, 2.75) is 6.42 Å². The molecule has 2 aromatic carbocycles. The van der Waals surface area contributed by atoms with Gasteiger partial charge in [-0.1, -0.05) is 11.6 Å². The number of anilines is 1. The highest BCUT2D eigenvalue weighted by Crippen LogP contribution is 2.37. The van der Waals surface area contributed by atoms with Crippen LogP contribution in [0.1, 0.15) is 16.8 Å². The normalized spacial score (nSPS) is 13.1. The number of benzene rings is 2. The van der Waals surface area contributed by atoms with E-state index in [2.05, 4.69) is 15.4 Å². The third kappa shape index (κ3) is 3.34. The zero-order valence-electron chi connectivity index (χ0n) is 13.7. The van der Waals surface area contributed by atoms with E-state index in [0.29, 0.717) is 41.0 Å². The number of halogens is 1. The van der Waals surface area contributed by atoms with Gasteiger partial charge in [0.1, 0.15) is 12.7 Å². The first kappa shape index (κ1) is 16.4. The minimum atomic E-state index is -0.272. The van der Waals surface area contributed by atoms with Crippen LogP contribution < -0.4 is 14.8 Å². The van der Waals surface area contributed by atoms with Crippen molar-refractivity contribution in [3.63, 3.8) is 0 Å². The second-order valence-electron chi connectivity index (χ2n) is 5.67. The van der Waals surface area contributed by atoms with Crippen LogP contribution in [0, 0.1) is 0 Å². The van der Waals surface area contributed by atoms with Gasteiger partial charge in [0.2, 0.25) is 0 Å². The maximum absolute atomic E-state index is 12.5. The first-order valence-corrected chi connectivity index (χ1v) is 8.44. The number of hydrogen-bond acceptors (Lipinski definition) is 5. The van der Waals surface area contributed by atoms with E-state index in [9.17, 15) is 4.79 Å². The van der Waals surface area contributed by atoms with Crippen LogP contribution in [0.4, 0.5) is 5.69 Å². The quantitative estimate of drug-likeness (QED) is 0.765. The number of hydrogen-bond donors (Lipinski definition) is 1. The first-order valence-electron chi connectivity index (χ1n) is 8.06. The Morgan fingerprint density at radius 1 is 1.12 bits per heavy atom. The van der Waals surface area contributed by atoms with Gasteiger partial charge in [0.15, 0.2) is 11.5 Å². The Balaban J connectivity index is 1.53. The lowest BCUT2D eigenvalue weighted by Gasteiger charge is -2.12. The molecule has 0 radical (unpaired) electrons. The number of rotatable bonds is 3. The van der Waals surface area contributed by atoms with E-state index >= 15 is 0 Å². The van der Waals surface area contributed by atoms with Crippen molar-refractivity contribution < 1.29 is 14.3 Å². The molecule has 0 fully saturated rings. The molecule has 0 saturated carbocycles. The predicted octanol–water partition coefficient (Wildman–Crippen LogP) is 3.33. The summed E-state index contributed by atoms with van der Waals surface area (Å²) in [5.74, 6) is 0.887. The molecule has 3 aromatic rings. The van der Waals surface area contributed by atoms with Crippen molar-refractivity contribution in [3.05, 3.63) is 59.6 Å². The molecule has 1 aliphatic heterocycles. The fraction of sp³-hybridized carbons (Fsp3) is 0.167. The van der Waals surface area contributed by atoms with E-state index in [-0.39, 0.29) is 5.91 Å². The van der Waals surface area contributed by atoms with E-state index in [4.69, 9.17) is 21.1 Å². The second kappa shape index (κ2) is 7.05. The summed E-state index contributed by atoms with van der Waals surface area (Å²) in [7, 11) is 0. The van der Waals surface area contributed by atoms with Crippen molar-refractivity contribution in [2.24, 2.45) is 0 Å². The van der Waals surface area contributed by atoms with Crippen LogP contribution in [0.2, 0.25) is 5.02 Å². The van der Waals surface area contributed by atoms with Crippen LogP contribution in [0.15, 0.2) is 49.1 Å². The van der Waals surface area contributed by atoms with Gasteiger partial charge in [-0.25, -0.2) is 9.67 Å². The van der Waals surface area contributed by atoms with E-state index in [0.717, 1.165) is 12.1 Å². The number of amides is 1. The van der Waals surface area contributed by atoms with Crippen molar-refractivity contribution in [3.8, 4) is 17.2 Å². The standard InChI is InChI=1S/C18H15ClN4O3/c19-14-8-16-17(26-7-1-6-25-16)9-15(14)22-18(24)12-2-4-13(5-3-12)23-11-20-10-21-23/h2-5,8-11H,1,6-7H2,(H,22,24). The molecule has 0 bridgehead atoms. The highest BCUT2D eigenvalue weighted by Gasteiger charge is 2.16. The summed E-state index contributed by atoms with van der Waals surface area (Å²) in [6.07, 6.45) is 3.84. The summed E-state index contributed by atoms with van der Waals surface area (Å²) in [6, 6.07) is 10.3. The molecule has 8 heteroatoms. The molecule has 26 heavy (non-hydrogen) atoms. The maximum atomic E-state index is 12.5. The van der Waals surface area contributed by atoms with E-state index in [1.165, 1.54) is 6.33 Å². The summed E-state index contributed by atoms with van der Waals surface area (Å²) in [4.78, 5) is 16.4. The summed E-state index contributed by atoms with van der Waals surface area (Å²) in [5.41, 5.74) is 1.78. The Kier molecular flexibility index (Phi) is 4.45. The smallest absolute Gasteiger partial charge is 0.255 e. The Hall–Kier alpha value is -3.06. The zero-order chi connectivity index (χ0) is 17.9. The molecule has 0 aliphatic carbocycles. The third-order valence-electron chi connectivity index (χ3n) is 3.90. The Morgan fingerprint density at radius 3 is 2.54 bits per heavy atom. The zero-order valence-corrected chi connectivity index (χ0v) is 14.4. The summed E-state index contributed by atoms with van der Waals surface area (Å²) < 4.78 is 12.8. The lowest BCUT2D eigenvalue weighted by molar-refractivity contribution is 0.102. The lowest BCUT2D eigenvalue weighted by Crippen LogP contribution is -2.12. The van der Waals surface area contributed by atoms with Crippen LogP contribution in [-0.2, 0) is 0 Å². The molecule has 0 saturated heterocycles. The largest absolute Gasteiger partial charge is 0.490 e. The minimum absolute atomic E-state index is 0.272. The molecule has 0 unspecified atom stereocenters. The number of ether oxygens (including phenoxy) is 2. The average Bonchev–Trinajstić information content (AvgIpc) is 3.10. The first-order chi connectivity index (χ1) is 12.7. The molecule has 132 valence electrons. The summed E-state index contributed by atoms with van der Waals surface area (Å²) in [6.45, 7) is 1.14. The van der Waals surface area contributed by atoms with Gasteiger partial charge in [0.05, 0.1) is 29.6 Å². The van der Waals surface area contributed by atoms with Crippen molar-refractivity contribution in [1.82, 2.24) is 14.8 Å². The van der Waals surface area contributed by atoms with Crippen LogP contribution in [0.3, 0.4) is 0 Å². The van der Waals surface area contributed by atoms with Gasteiger partial charge in [-0.2, -0.15) is 5.10 Å². The van der Waals surface area contributed by atoms with Gasteiger partial charge >= 0.3 is 0 Å². The Bertz CT molecular complexity index is 926. The number of aromatic nitrogens is 3. The molecular formula is C18H15ClN4O3. The van der Waals surface area contributed by atoms with Crippen molar-refractivity contribution in [1.29, 1.82) is 0 Å². The van der Waals surface area contributed by atoms with Gasteiger partial charge in [-0.05, 0) is 24.3 Å². The Labute approximate surface area is 154 Å². The van der Waals surface area contributed by atoms with Crippen LogP contribution in [-0.4, -0.2) is 33.9 Å². The van der Waals surface area contributed by atoms with Crippen molar-refractivity contribution >= 4 is 23.2 Å². The molecule has 0 atom stereocenters. The average molecular weight is 371 g/mol. The third-order valence-corrected chi connectivity index (χ3v) is 4.21. The fourth-order valence-electron chi connectivity index (χ4n) is 2.58. The summed E-state index contributed by atoms with van der Waals surface area (Å²) >= 11 is 6.27. The number of nitrogens with one attached hydrogen (secondary N) is 1. The molecule has 2 heterocycles. The molecule has 7 nitrogen and oxygen atoms in total. The number of fused-ring (bicyclic) bond motifs is 1. The number of carbonyl (C=O) groups excluding carboxylic acids is 1. The van der Waals surface area contributed by atoms with Crippen LogP contribution >= 0.6 is 11.6 Å². The van der Waals surface area contributed by atoms with Gasteiger partial charge in [0.25, 0.3) is 5.91 Å². The van der Waals surface area contributed by atoms with Crippen molar-refractivity contribution in [2.75, 3.05) is 18.5 Å². The van der Waals surface area contributed by atoms with E-state index in [1.807, 2.05) is 0 Å². The fourth-order valence-corrected chi connectivity index (χ4v) is 2.78. The molecule has 1 aliphatic rings. The SMILES string of the molecule is O=C(Nc1cc2c(cc1Cl)OCCCO2)c1ccc(-n2cncn2)cc1. The summed E-state index contributed by atoms with van der Waals surface area (Å²) in [5, 5.41) is 7.25. The van der Waals surface area contributed by atoms with Gasteiger partial charge in [0, 0.05) is 24.1 Å². The van der Waals surface area contributed by atoms with E-state index < -0.39 is 0 Å². The highest BCUT2D eigenvalue weighted by atomic mass is 35.5. The Morgan fingerprint density at radius 2 is 1.85 bits per heavy atom. The van der Waals surface area contributed by atoms with Gasteiger partial charge < -0.3 is 14.8 Å². The van der Waals surface area contributed by atoms with Crippen LogP contribution in [0.5, 0.6) is 11.5 Å². The predicted molar refractivity (Wildman–Crippen MR) is 96.4 cm³/mol. The molecule has 1 N–H and O–H groups in total. The molecule has 1 aromatic heterocycles. The topological polar surface area (TPSA) is 78.3 Å². The lowest BCUT2D eigenvalue weighted by atomic mass is 10.2.